The van der Waals surface area contributed by atoms with Gasteiger partial charge in [0, 0.05) is 25.8 Å². The lowest BCUT2D eigenvalue weighted by Gasteiger charge is -2.14. The van der Waals surface area contributed by atoms with Crippen LogP contribution < -0.4 is 5.32 Å². The Hall–Kier alpha value is -2.14. The molecule has 0 aliphatic heterocycles. The summed E-state index contributed by atoms with van der Waals surface area (Å²) in [5, 5.41) is 7.07. The van der Waals surface area contributed by atoms with Crippen molar-refractivity contribution < 1.29 is 4.79 Å². The predicted molar refractivity (Wildman–Crippen MR) is 82.9 cm³/mol. The molecule has 1 aromatic heterocycles. The van der Waals surface area contributed by atoms with Crippen molar-refractivity contribution in [1.29, 1.82) is 0 Å². The van der Waals surface area contributed by atoms with Crippen molar-refractivity contribution in [2.75, 3.05) is 14.1 Å². The zero-order valence-electron chi connectivity index (χ0n) is 13.1. The molecule has 1 aromatic carbocycles. The summed E-state index contributed by atoms with van der Waals surface area (Å²) in [6.45, 7) is 3.27. The van der Waals surface area contributed by atoms with Crippen LogP contribution in [0.3, 0.4) is 0 Å². The van der Waals surface area contributed by atoms with Crippen molar-refractivity contribution in [3.63, 3.8) is 0 Å². The van der Waals surface area contributed by atoms with Crippen LogP contribution >= 0.6 is 0 Å². The molecule has 1 N–H and O–H groups in total. The molecule has 0 aliphatic carbocycles. The second-order valence-electron chi connectivity index (χ2n) is 5.46. The van der Waals surface area contributed by atoms with Crippen molar-refractivity contribution in [3.8, 4) is 0 Å². The van der Waals surface area contributed by atoms with Gasteiger partial charge >= 0.3 is 0 Å². The number of carbonyl (C=O) groups is 1. The molecule has 0 radical (unpaired) electrons. The summed E-state index contributed by atoms with van der Waals surface area (Å²) >= 11 is 0. The van der Waals surface area contributed by atoms with E-state index < -0.39 is 0 Å². The molecule has 1 heterocycles. The van der Waals surface area contributed by atoms with Crippen LogP contribution in [-0.4, -0.2) is 34.7 Å². The number of hydrogen-bond acceptors (Lipinski definition) is 3. The van der Waals surface area contributed by atoms with Gasteiger partial charge < -0.3 is 10.2 Å². The Balaban J connectivity index is 2.06. The maximum atomic E-state index is 12.2. The third-order valence-electron chi connectivity index (χ3n) is 3.52. The monoisotopic (exact) mass is 286 g/mol. The minimum atomic E-state index is -0.0831. The molecule has 2 aromatic rings. The normalized spacial score (nSPS) is 10.9. The summed E-state index contributed by atoms with van der Waals surface area (Å²) in [6, 6.07) is 8.16. The standard InChI is InChI=1S/C16H22N4O/c1-12-15(10-18-20(12)4)16(21)17-9-13-7-5-6-8-14(13)11-19(2)3/h5-8,10H,9,11H2,1-4H3,(H,17,21). The number of carbonyl (C=O) groups excluding carboxylic acids is 1. The number of benzene rings is 1. The van der Waals surface area contributed by atoms with E-state index in [1.165, 1.54) is 5.56 Å². The summed E-state index contributed by atoms with van der Waals surface area (Å²) in [6.07, 6.45) is 1.61. The number of nitrogens with one attached hydrogen (secondary N) is 1. The van der Waals surface area contributed by atoms with Gasteiger partial charge in [-0.15, -0.1) is 0 Å². The fraction of sp³-hybridized carbons (Fsp3) is 0.375. The largest absolute Gasteiger partial charge is 0.348 e. The van der Waals surface area contributed by atoms with Crippen LogP contribution in [0.2, 0.25) is 0 Å². The molecule has 1 amide bonds. The number of amides is 1. The number of aromatic nitrogens is 2. The molecule has 0 fully saturated rings. The third kappa shape index (κ3) is 3.70. The van der Waals surface area contributed by atoms with Gasteiger partial charge in [0.05, 0.1) is 11.8 Å². The quantitative estimate of drug-likeness (QED) is 0.910. The lowest BCUT2D eigenvalue weighted by atomic mass is 10.1. The fourth-order valence-electron chi connectivity index (χ4n) is 2.22. The summed E-state index contributed by atoms with van der Waals surface area (Å²) in [4.78, 5) is 14.3. The average molecular weight is 286 g/mol. The lowest BCUT2D eigenvalue weighted by molar-refractivity contribution is 0.0950. The van der Waals surface area contributed by atoms with E-state index in [2.05, 4.69) is 27.4 Å². The molecule has 0 saturated heterocycles. The van der Waals surface area contributed by atoms with E-state index in [9.17, 15) is 4.79 Å². The van der Waals surface area contributed by atoms with Crippen LogP contribution in [0.4, 0.5) is 0 Å². The molecule has 0 bridgehead atoms. The Bertz CT molecular complexity index is 631. The van der Waals surface area contributed by atoms with Gasteiger partial charge in [0.1, 0.15) is 0 Å². The highest BCUT2D eigenvalue weighted by molar-refractivity contribution is 5.94. The molecular formula is C16H22N4O. The summed E-state index contributed by atoms with van der Waals surface area (Å²) in [5.41, 5.74) is 3.86. The van der Waals surface area contributed by atoms with Gasteiger partial charge in [-0.1, -0.05) is 24.3 Å². The van der Waals surface area contributed by atoms with Crippen LogP contribution in [0.1, 0.15) is 27.2 Å². The number of aryl methyl sites for hydroxylation is 1. The van der Waals surface area contributed by atoms with Gasteiger partial charge in [0.15, 0.2) is 0 Å². The predicted octanol–water partition coefficient (Wildman–Crippen LogP) is 1.72. The van der Waals surface area contributed by atoms with Gasteiger partial charge in [-0.25, -0.2) is 0 Å². The van der Waals surface area contributed by atoms with Crippen LogP contribution in [-0.2, 0) is 20.1 Å². The summed E-state index contributed by atoms with van der Waals surface area (Å²) < 4.78 is 1.70. The highest BCUT2D eigenvalue weighted by Crippen LogP contribution is 2.11. The first-order chi connectivity index (χ1) is 9.99. The van der Waals surface area contributed by atoms with E-state index in [-0.39, 0.29) is 5.91 Å². The lowest BCUT2D eigenvalue weighted by Crippen LogP contribution is -2.24. The second kappa shape index (κ2) is 6.54. The fourth-order valence-corrected chi connectivity index (χ4v) is 2.22. The van der Waals surface area contributed by atoms with E-state index in [1.807, 2.05) is 40.2 Å². The van der Waals surface area contributed by atoms with E-state index in [1.54, 1.807) is 10.9 Å². The van der Waals surface area contributed by atoms with E-state index in [0.29, 0.717) is 12.1 Å². The maximum absolute atomic E-state index is 12.2. The molecule has 5 nitrogen and oxygen atoms in total. The van der Waals surface area contributed by atoms with Crippen LogP contribution in [0.15, 0.2) is 30.5 Å². The number of rotatable bonds is 5. The molecule has 112 valence electrons. The minimum Gasteiger partial charge on any atom is -0.348 e. The Kier molecular flexibility index (Phi) is 4.75. The topological polar surface area (TPSA) is 50.2 Å². The van der Waals surface area contributed by atoms with Crippen molar-refractivity contribution >= 4 is 5.91 Å². The summed E-state index contributed by atoms with van der Waals surface area (Å²) in [7, 11) is 5.90. The Morgan fingerprint density at radius 1 is 1.29 bits per heavy atom. The zero-order chi connectivity index (χ0) is 15.4. The van der Waals surface area contributed by atoms with Gasteiger partial charge in [0.25, 0.3) is 5.91 Å². The zero-order valence-corrected chi connectivity index (χ0v) is 13.1. The average Bonchev–Trinajstić information content (AvgIpc) is 2.77. The van der Waals surface area contributed by atoms with Crippen molar-refractivity contribution in [3.05, 3.63) is 52.8 Å². The molecule has 21 heavy (non-hydrogen) atoms. The van der Waals surface area contributed by atoms with Gasteiger partial charge in [-0.3, -0.25) is 9.48 Å². The highest BCUT2D eigenvalue weighted by Gasteiger charge is 2.13. The molecule has 0 unspecified atom stereocenters. The smallest absolute Gasteiger partial charge is 0.255 e. The van der Waals surface area contributed by atoms with Gasteiger partial charge in [0.2, 0.25) is 0 Å². The molecule has 0 aliphatic rings. The number of nitrogens with zero attached hydrogens (tertiary/aromatic N) is 3. The van der Waals surface area contributed by atoms with E-state index in [4.69, 9.17) is 0 Å². The first-order valence-corrected chi connectivity index (χ1v) is 6.97. The molecular weight excluding hydrogens is 264 g/mol. The van der Waals surface area contributed by atoms with Crippen molar-refractivity contribution in [2.24, 2.45) is 7.05 Å². The summed E-state index contributed by atoms with van der Waals surface area (Å²) in [5.74, 6) is -0.0831. The Morgan fingerprint density at radius 2 is 1.95 bits per heavy atom. The van der Waals surface area contributed by atoms with Crippen LogP contribution in [0.5, 0.6) is 0 Å². The van der Waals surface area contributed by atoms with Gasteiger partial charge in [-0.05, 0) is 32.1 Å². The first-order valence-electron chi connectivity index (χ1n) is 6.97. The SMILES string of the molecule is Cc1c(C(=O)NCc2ccccc2CN(C)C)cnn1C. The van der Waals surface area contributed by atoms with E-state index >= 15 is 0 Å². The Morgan fingerprint density at radius 3 is 2.52 bits per heavy atom. The van der Waals surface area contributed by atoms with Crippen LogP contribution in [0, 0.1) is 6.92 Å². The van der Waals surface area contributed by atoms with E-state index in [0.717, 1.165) is 17.8 Å². The minimum absolute atomic E-state index is 0.0831. The van der Waals surface area contributed by atoms with Crippen molar-refractivity contribution in [1.82, 2.24) is 20.0 Å². The third-order valence-corrected chi connectivity index (χ3v) is 3.52. The Labute approximate surface area is 125 Å². The number of hydrogen-bond donors (Lipinski definition) is 1. The maximum Gasteiger partial charge on any atom is 0.255 e. The molecule has 0 atom stereocenters. The molecule has 5 heteroatoms. The van der Waals surface area contributed by atoms with Crippen molar-refractivity contribution in [2.45, 2.75) is 20.0 Å². The molecule has 0 saturated carbocycles. The van der Waals surface area contributed by atoms with Crippen LogP contribution in [0.25, 0.3) is 0 Å². The van der Waals surface area contributed by atoms with Gasteiger partial charge in [-0.2, -0.15) is 5.10 Å². The molecule has 2 rings (SSSR count). The first kappa shape index (κ1) is 15.3. The second-order valence-corrected chi connectivity index (χ2v) is 5.46. The highest BCUT2D eigenvalue weighted by atomic mass is 16.1. The molecule has 0 spiro atoms.